The third kappa shape index (κ3) is 3.93. The molecule has 2 rings (SSSR count). The number of ether oxygens (including phenoxy) is 1. The van der Waals surface area contributed by atoms with Crippen LogP contribution in [-0.4, -0.2) is 45.7 Å². The Morgan fingerprint density at radius 3 is 2.96 bits per heavy atom. The molecule has 10 nitrogen and oxygen atoms in total. The van der Waals surface area contributed by atoms with Crippen LogP contribution in [0, 0.1) is 0 Å². The summed E-state index contributed by atoms with van der Waals surface area (Å²) in [5.41, 5.74) is 5.30. The second kappa shape index (κ2) is 8.13. The number of hydrogen-bond donors (Lipinski definition) is 3. The van der Waals surface area contributed by atoms with Crippen molar-refractivity contribution in [2.24, 2.45) is 5.11 Å². The van der Waals surface area contributed by atoms with Crippen LogP contribution in [0.5, 0.6) is 0 Å². The van der Waals surface area contributed by atoms with Gasteiger partial charge in [-0.25, -0.2) is 0 Å². The number of aromatic amines is 1. The summed E-state index contributed by atoms with van der Waals surface area (Å²) in [5, 5.41) is 13.0. The van der Waals surface area contributed by atoms with Crippen LogP contribution in [0.25, 0.3) is 10.4 Å². The van der Waals surface area contributed by atoms with Crippen molar-refractivity contribution < 1.29 is 18.4 Å². The van der Waals surface area contributed by atoms with Gasteiger partial charge in [-0.2, -0.15) is 0 Å². The van der Waals surface area contributed by atoms with E-state index in [0.29, 0.717) is 0 Å². The molecule has 1 unspecified atom stereocenters. The van der Waals surface area contributed by atoms with E-state index in [2.05, 4.69) is 17.8 Å². The summed E-state index contributed by atoms with van der Waals surface area (Å²) in [6.45, 7) is -1.12. The van der Waals surface area contributed by atoms with E-state index in [9.17, 15) is 19.1 Å². The Morgan fingerprint density at radius 1 is 1.71 bits per heavy atom. The van der Waals surface area contributed by atoms with Crippen LogP contribution in [0.3, 0.4) is 0 Å². The molecule has 1 saturated heterocycles. The number of alkyl halides is 1. The summed E-state index contributed by atoms with van der Waals surface area (Å²) in [6, 6.07) is 1.03. The van der Waals surface area contributed by atoms with E-state index in [1.54, 1.807) is 0 Å². The Kier molecular flexibility index (Phi) is 6.65. The van der Waals surface area contributed by atoms with E-state index in [1.807, 2.05) is 26.2 Å². The number of halogens is 2. The molecule has 1 aromatic rings. The van der Waals surface area contributed by atoms with Gasteiger partial charge in [0.25, 0.3) is 0 Å². The SMILES string of the molecule is [N-]=[N+]=NC[C@]1(CO)O[C@@H](n2ccc(=O)[nH]c2=O)[C@H](F)[C@@H]1O[SH](#P)I. The molecule has 0 aliphatic carbocycles. The summed E-state index contributed by atoms with van der Waals surface area (Å²) in [6.07, 6.45) is -3.59. The fraction of sp³-hybridized carbons (Fsp3) is 0.600. The van der Waals surface area contributed by atoms with Crippen molar-refractivity contribution in [1.29, 1.82) is 0 Å². The van der Waals surface area contributed by atoms with Crippen LogP contribution in [0.1, 0.15) is 6.23 Å². The van der Waals surface area contributed by atoms with E-state index < -0.39 is 55.8 Å². The molecule has 1 aliphatic rings. The molecule has 1 aliphatic heterocycles. The zero-order valence-electron chi connectivity index (χ0n) is 11.8. The normalized spacial score (nSPS) is 30.7. The summed E-state index contributed by atoms with van der Waals surface area (Å²) >= 11 is 1.83. The molecule has 132 valence electrons. The van der Waals surface area contributed by atoms with Crippen molar-refractivity contribution in [3.8, 4) is 0 Å². The number of aromatic nitrogens is 2. The molecule has 2 N–H and O–H groups in total. The molecule has 1 fully saturated rings. The molecule has 0 aromatic carbocycles. The number of nitrogens with zero attached hydrogens (tertiary/aromatic N) is 4. The molecule has 0 bridgehead atoms. The fourth-order valence-electron chi connectivity index (χ4n) is 2.35. The first kappa shape index (κ1) is 19.6. The van der Waals surface area contributed by atoms with Crippen molar-refractivity contribution in [3.63, 3.8) is 0 Å². The standard InChI is InChI=1S/C10H12FIN5O5PS/c11-6-7(22-24(12)23)10(4-18,3-14-16-13)21-8(6)17-2-1-5(19)15-9(17)20/h1-2,6-8,18,24H,3-4H2,(H,15,19,20)/t6-,7+,8-,10-/m1/s1. The van der Waals surface area contributed by atoms with E-state index in [1.165, 1.54) is 0 Å². The fourth-order valence-corrected chi connectivity index (χ4v) is 3.89. The van der Waals surface area contributed by atoms with E-state index >= 15 is 0 Å². The van der Waals surface area contributed by atoms with Crippen LogP contribution in [0.2, 0.25) is 0 Å². The van der Waals surface area contributed by atoms with Gasteiger partial charge in [0.15, 0.2) is 0 Å². The van der Waals surface area contributed by atoms with Crippen molar-refractivity contribution in [2.75, 3.05) is 13.2 Å². The minimum atomic E-state index is -1.87. The summed E-state index contributed by atoms with van der Waals surface area (Å²) in [4.78, 5) is 27.6. The average molecular weight is 491 g/mol. The van der Waals surface area contributed by atoms with Gasteiger partial charge in [-0.1, -0.05) is 0 Å². The Balaban J connectivity index is 2.49. The number of aliphatic hydroxyl groups excluding tert-OH is 1. The zero-order chi connectivity index (χ0) is 17.9. The monoisotopic (exact) mass is 491 g/mol. The number of H-pyrrole nitrogens is 1. The number of hydrogen-bond acceptors (Lipinski definition) is 6. The number of azide groups is 1. The van der Waals surface area contributed by atoms with Gasteiger partial charge in [0.1, 0.15) is 0 Å². The summed E-state index contributed by atoms with van der Waals surface area (Å²) in [7, 11) is 2.71. The van der Waals surface area contributed by atoms with Gasteiger partial charge in [0.2, 0.25) is 0 Å². The first-order chi connectivity index (χ1) is 11.3. The van der Waals surface area contributed by atoms with E-state index in [-0.39, 0.29) is 0 Å². The van der Waals surface area contributed by atoms with Crippen LogP contribution < -0.4 is 11.2 Å². The summed E-state index contributed by atoms with van der Waals surface area (Å²) < 4.78 is 26.7. The molecule has 0 radical (unpaired) electrons. The van der Waals surface area contributed by atoms with E-state index in [4.69, 9.17) is 14.5 Å². The maximum absolute atomic E-state index is 14.9. The molecule has 14 heteroatoms. The van der Waals surface area contributed by atoms with Crippen LogP contribution in [-0.2, 0) is 8.92 Å². The molecule has 24 heavy (non-hydrogen) atoms. The summed E-state index contributed by atoms with van der Waals surface area (Å²) in [5.74, 6) is 0. The quantitative estimate of drug-likeness (QED) is 0.143. The minimum absolute atomic E-state index is 0.409. The van der Waals surface area contributed by atoms with Crippen LogP contribution >= 0.6 is 36.3 Å². The second-order valence-electron chi connectivity index (χ2n) is 4.83. The van der Waals surface area contributed by atoms with Crippen molar-refractivity contribution in [3.05, 3.63) is 43.5 Å². The molecule has 1 aromatic heterocycles. The van der Waals surface area contributed by atoms with Crippen molar-refractivity contribution in [1.82, 2.24) is 9.55 Å². The predicted octanol–water partition coefficient (Wildman–Crippen LogP) is 1.42. The van der Waals surface area contributed by atoms with Gasteiger partial charge < -0.3 is 0 Å². The van der Waals surface area contributed by atoms with Gasteiger partial charge in [-0.05, 0) is 0 Å². The first-order valence-corrected chi connectivity index (χ1v) is 11.6. The number of rotatable bonds is 5. The van der Waals surface area contributed by atoms with Gasteiger partial charge in [-0.15, -0.1) is 0 Å². The number of aliphatic hydroxyl groups is 1. The van der Waals surface area contributed by atoms with Crippen LogP contribution in [0.4, 0.5) is 4.39 Å². The topological polar surface area (TPSA) is 142 Å². The maximum atomic E-state index is 14.9. The molecule has 0 amide bonds. The third-order valence-corrected chi connectivity index (χ3v) is 4.80. The Morgan fingerprint density at radius 2 is 2.42 bits per heavy atom. The van der Waals surface area contributed by atoms with Gasteiger partial charge in [-0.3, -0.25) is 0 Å². The second-order valence-corrected chi connectivity index (χ2v) is 11.5. The molecule has 5 atom stereocenters. The molecule has 0 spiro atoms. The van der Waals surface area contributed by atoms with E-state index in [0.717, 1.165) is 16.8 Å². The Hall–Kier alpha value is -0.690. The molecule has 0 saturated carbocycles. The number of thiol groups is 1. The van der Waals surface area contributed by atoms with Gasteiger partial charge in [0, 0.05) is 0 Å². The van der Waals surface area contributed by atoms with Crippen LogP contribution in [0.15, 0.2) is 27.0 Å². The van der Waals surface area contributed by atoms with Gasteiger partial charge in [0.05, 0.1) is 0 Å². The number of nitrogens with one attached hydrogen (secondary N) is 1. The zero-order valence-corrected chi connectivity index (χ0v) is 15.8. The third-order valence-electron chi connectivity index (χ3n) is 3.43. The molecule has 2 heterocycles. The Labute approximate surface area is 150 Å². The molecular formula is C10H12FIN5O5PS. The van der Waals surface area contributed by atoms with Gasteiger partial charge >= 0.3 is 150 Å². The predicted molar refractivity (Wildman–Crippen MR) is 95.0 cm³/mol. The van der Waals surface area contributed by atoms with Crippen molar-refractivity contribution >= 4 is 36.3 Å². The Bertz CT molecular complexity index is 850. The molecular weight excluding hydrogens is 479 g/mol. The van der Waals surface area contributed by atoms with Crippen molar-refractivity contribution in [2.45, 2.75) is 24.1 Å². The first-order valence-electron chi connectivity index (χ1n) is 6.41. The average Bonchev–Trinajstić information content (AvgIpc) is 2.79.